The normalized spacial score (nSPS) is 10.2. The SMILES string of the molecule is CCN(C)c1ccccc1-c1ccc(C(=O)OC)c(N)c1. The number of carbonyl (C=O) groups is 1. The van der Waals surface area contributed by atoms with Crippen LogP contribution < -0.4 is 10.6 Å². The lowest BCUT2D eigenvalue weighted by Gasteiger charge is -2.21. The lowest BCUT2D eigenvalue weighted by Crippen LogP contribution is -2.16. The van der Waals surface area contributed by atoms with Crippen molar-refractivity contribution in [3.8, 4) is 11.1 Å². The number of anilines is 2. The number of para-hydroxylation sites is 1. The number of ether oxygens (including phenoxy) is 1. The topological polar surface area (TPSA) is 55.6 Å². The Morgan fingerprint density at radius 3 is 2.57 bits per heavy atom. The molecule has 2 aromatic rings. The van der Waals surface area contributed by atoms with Crippen LogP contribution in [0.15, 0.2) is 42.5 Å². The summed E-state index contributed by atoms with van der Waals surface area (Å²) in [5, 5.41) is 0. The van der Waals surface area contributed by atoms with Crippen LogP contribution in [0.25, 0.3) is 11.1 Å². The van der Waals surface area contributed by atoms with Crippen molar-refractivity contribution >= 4 is 17.3 Å². The van der Waals surface area contributed by atoms with Gasteiger partial charge in [0.25, 0.3) is 0 Å². The van der Waals surface area contributed by atoms with Crippen LogP contribution in [0.4, 0.5) is 11.4 Å². The van der Waals surface area contributed by atoms with E-state index in [1.54, 1.807) is 6.07 Å². The highest BCUT2D eigenvalue weighted by atomic mass is 16.5. The van der Waals surface area contributed by atoms with Crippen LogP contribution in [0.2, 0.25) is 0 Å². The lowest BCUT2D eigenvalue weighted by atomic mass is 10.0. The molecule has 4 heteroatoms. The van der Waals surface area contributed by atoms with Crippen molar-refractivity contribution in [3.63, 3.8) is 0 Å². The van der Waals surface area contributed by atoms with E-state index < -0.39 is 5.97 Å². The summed E-state index contributed by atoms with van der Waals surface area (Å²) in [5.41, 5.74) is 10.00. The number of nitrogens with zero attached hydrogens (tertiary/aromatic N) is 1. The fourth-order valence-corrected chi connectivity index (χ4v) is 2.25. The zero-order valence-corrected chi connectivity index (χ0v) is 12.6. The van der Waals surface area contributed by atoms with Gasteiger partial charge in [-0.2, -0.15) is 0 Å². The van der Waals surface area contributed by atoms with Crippen molar-refractivity contribution in [2.24, 2.45) is 0 Å². The van der Waals surface area contributed by atoms with E-state index in [2.05, 4.69) is 17.9 Å². The van der Waals surface area contributed by atoms with Gasteiger partial charge in [-0.05, 0) is 30.7 Å². The second kappa shape index (κ2) is 6.31. The van der Waals surface area contributed by atoms with Gasteiger partial charge in [-0.15, -0.1) is 0 Å². The summed E-state index contributed by atoms with van der Waals surface area (Å²) in [6.07, 6.45) is 0. The van der Waals surface area contributed by atoms with Gasteiger partial charge < -0.3 is 15.4 Å². The smallest absolute Gasteiger partial charge is 0.339 e. The Bertz CT molecular complexity index is 653. The number of hydrogen-bond acceptors (Lipinski definition) is 4. The van der Waals surface area contributed by atoms with Gasteiger partial charge in [0, 0.05) is 30.5 Å². The maximum atomic E-state index is 11.6. The Balaban J connectivity index is 2.49. The maximum absolute atomic E-state index is 11.6. The predicted molar refractivity (Wildman–Crippen MR) is 86.6 cm³/mol. The molecule has 0 atom stereocenters. The average Bonchev–Trinajstić information content (AvgIpc) is 2.53. The minimum atomic E-state index is -0.419. The van der Waals surface area contributed by atoms with Crippen LogP contribution in [0, 0.1) is 0 Å². The summed E-state index contributed by atoms with van der Waals surface area (Å²) in [4.78, 5) is 13.8. The molecule has 21 heavy (non-hydrogen) atoms. The number of nitrogen functional groups attached to an aromatic ring is 1. The van der Waals surface area contributed by atoms with Gasteiger partial charge in [0.1, 0.15) is 0 Å². The van der Waals surface area contributed by atoms with Gasteiger partial charge in [-0.3, -0.25) is 0 Å². The Kier molecular flexibility index (Phi) is 4.48. The van der Waals surface area contributed by atoms with E-state index in [1.165, 1.54) is 7.11 Å². The second-order valence-corrected chi connectivity index (χ2v) is 4.82. The molecule has 0 aliphatic rings. The van der Waals surface area contributed by atoms with Crippen LogP contribution in [0.3, 0.4) is 0 Å². The van der Waals surface area contributed by atoms with Crippen LogP contribution in [-0.4, -0.2) is 26.7 Å². The molecule has 0 spiro atoms. The Morgan fingerprint density at radius 1 is 1.24 bits per heavy atom. The molecule has 2 aromatic carbocycles. The summed E-state index contributed by atoms with van der Waals surface area (Å²) >= 11 is 0. The molecule has 0 fully saturated rings. The van der Waals surface area contributed by atoms with Crippen LogP contribution in [-0.2, 0) is 4.74 Å². The van der Waals surface area contributed by atoms with Crippen LogP contribution in [0.1, 0.15) is 17.3 Å². The van der Waals surface area contributed by atoms with E-state index in [9.17, 15) is 4.79 Å². The molecule has 2 N–H and O–H groups in total. The fraction of sp³-hybridized carbons (Fsp3) is 0.235. The van der Waals surface area contributed by atoms with Crippen molar-refractivity contribution in [3.05, 3.63) is 48.0 Å². The molecule has 0 aliphatic carbocycles. The third-order valence-electron chi connectivity index (χ3n) is 3.56. The van der Waals surface area contributed by atoms with Gasteiger partial charge >= 0.3 is 5.97 Å². The van der Waals surface area contributed by atoms with Crippen molar-refractivity contribution in [1.82, 2.24) is 0 Å². The minimum absolute atomic E-state index is 0.391. The molecular weight excluding hydrogens is 264 g/mol. The number of benzene rings is 2. The van der Waals surface area contributed by atoms with Crippen molar-refractivity contribution in [2.45, 2.75) is 6.92 Å². The highest BCUT2D eigenvalue weighted by molar-refractivity contribution is 5.96. The monoisotopic (exact) mass is 284 g/mol. The number of carbonyl (C=O) groups excluding carboxylic acids is 1. The van der Waals surface area contributed by atoms with E-state index in [-0.39, 0.29) is 0 Å². The van der Waals surface area contributed by atoms with Gasteiger partial charge in [0.15, 0.2) is 0 Å². The summed E-state index contributed by atoms with van der Waals surface area (Å²) in [6, 6.07) is 13.5. The number of methoxy groups -OCH3 is 1. The first kappa shape index (κ1) is 14.9. The predicted octanol–water partition coefficient (Wildman–Crippen LogP) is 3.18. The third-order valence-corrected chi connectivity index (χ3v) is 3.56. The van der Waals surface area contributed by atoms with E-state index in [4.69, 9.17) is 10.5 Å². The molecule has 4 nitrogen and oxygen atoms in total. The maximum Gasteiger partial charge on any atom is 0.339 e. The molecule has 2 rings (SSSR count). The number of esters is 1. The Hall–Kier alpha value is -2.49. The largest absolute Gasteiger partial charge is 0.465 e. The van der Waals surface area contributed by atoms with Gasteiger partial charge in [0.05, 0.1) is 12.7 Å². The summed E-state index contributed by atoms with van der Waals surface area (Å²) in [5.74, 6) is -0.419. The Labute approximate surface area is 125 Å². The number of rotatable bonds is 4. The van der Waals surface area contributed by atoms with Crippen molar-refractivity contribution in [1.29, 1.82) is 0 Å². The molecule has 0 saturated carbocycles. The quantitative estimate of drug-likeness (QED) is 0.692. The van der Waals surface area contributed by atoms with Gasteiger partial charge in [-0.1, -0.05) is 24.3 Å². The highest BCUT2D eigenvalue weighted by Gasteiger charge is 2.13. The zero-order chi connectivity index (χ0) is 15.4. The first-order chi connectivity index (χ1) is 10.1. The van der Waals surface area contributed by atoms with E-state index in [0.29, 0.717) is 11.3 Å². The molecule has 0 heterocycles. The van der Waals surface area contributed by atoms with Crippen LogP contribution in [0.5, 0.6) is 0 Å². The summed E-state index contributed by atoms with van der Waals surface area (Å²) < 4.78 is 4.71. The molecule has 110 valence electrons. The molecule has 0 bridgehead atoms. The average molecular weight is 284 g/mol. The van der Waals surface area contributed by atoms with Crippen molar-refractivity contribution < 1.29 is 9.53 Å². The molecule has 0 saturated heterocycles. The molecule has 0 unspecified atom stereocenters. The molecule has 0 amide bonds. The van der Waals surface area contributed by atoms with Crippen LogP contribution >= 0.6 is 0 Å². The first-order valence-corrected chi connectivity index (χ1v) is 6.86. The second-order valence-electron chi connectivity index (χ2n) is 4.82. The van der Waals surface area contributed by atoms with Gasteiger partial charge in [0.2, 0.25) is 0 Å². The highest BCUT2D eigenvalue weighted by Crippen LogP contribution is 2.32. The fourth-order valence-electron chi connectivity index (χ4n) is 2.25. The summed E-state index contributed by atoms with van der Waals surface area (Å²) in [6.45, 7) is 3.01. The Morgan fingerprint density at radius 2 is 1.95 bits per heavy atom. The zero-order valence-electron chi connectivity index (χ0n) is 12.6. The standard InChI is InChI=1S/C17H20N2O2/c1-4-19(2)16-8-6-5-7-13(16)12-9-10-14(15(18)11-12)17(20)21-3/h5-11H,4,18H2,1-3H3. The van der Waals surface area contributed by atoms with Gasteiger partial charge in [-0.25, -0.2) is 4.79 Å². The number of hydrogen-bond donors (Lipinski definition) is 1. The van der Waals surface area contributed by atoms with E-state index in [1.807, 2.05) is 37.4 Å². The minimum Gasteiger partial charge on any atom is -0.465 e. The van der Waals surface area contributed by atoms with E-state index in [0.717, 1.165) is 23.4 Å². The molecule has 0 aliphatic heterocycles. The lowest BCUT2D eigenvalue weighted by molar-refractivity contribution is 0.0602. The van der Waals surface area contributed by atoms with Crippen molar-refractivity contribution in [2.75, 3.05) is 31.3 Å². The number of nitrogens with two attached hydrogens (primary N) is 1. The third kappa shape index (κ3) is 2.99. The molecule has 0 radical (unpaired) electrons. The molecular formula is C17H20N2O2. The first-order valence-electron chi connectivity index (χ1n) is 6.86. The summed E-state index contributed by atoms with van der Waals surface area (Å²) in [7, 11) is 3.40. The molecule has 0 aromatic heterocycles. The van der Waals surface area contributed by atoms with E-state index >= 15 is 0 Å².